The first-order valence-corrected chi connectivity index (χ1v) is 6.74. The van der Waals surface area contributed by atoms with E-state index in [1.54, 1.807) is 30.0 Å². The quantitative estimate of drug-likeness (QED) is 0.630. The Bertz CT molecular complexity index is 371. The summed E-state index contributed by atoms with van der Waals surface area (Å²) in [7, 11) is 0. The number of amides is 1. The molecule has 3 nitrogen and oxygen atoms in total. The highest BCUT2D eigenvalue weighted by Crippen LogP contribution is 2.18. The van der Waals surface area contributed by atoms with Crippen molar-refractivity contribution in [1.82, 2.24) is 5.32 Å². The van der Waals surface area contributed by atoms with Crippen LogP contribution in [0, 0.1) is 0 Å². The van der Waals surface area contributed by atoms with E-state index in [9.17, 15) is 4.79 Å². The summed E-state index contributed by atoms with van der Waals surface area (Å²) in [6.45, 7) is 0.667. The molecular weight excluding hydrogens is 244 g/mol. The fraction of sp³-hybridized carbons (Fsp3) is 0.364. The van der Waals surface area contributed by atoms with E-state index in [2.05, 4.69) is 5.32 Å². The number of hydrogen-bond acceptors (Lipinski definition) is 3. The van der Waals surface area contributed by atoms with Crippen molar-refractivity contribution in [2.24, 2.45) is 0 Å². The highest BCUT2D eigenvalue weighted by Gasteiger charge is 2.09. The Balaban J connectivity index is 2.53. The lowest BCUT2D eigenvalue weighted by Crippen LogP contribution is -2.25. The van der Waals surface area contributed by atoms with Crippen LogP contribution in [0.3, 0.4) is 0 Å². The zero-order chi connectivity index (χ0) is 12.0. The van der Waals surface area contributed by atoms with E-state index in [1.807, 2.05) is 6.26 Å². The summed E-state index contributed by atoms with van der Waals surface area (Å²) in [5.41, 5.74) is 6.58. The fourth-order valence-corrected chi connectivity index (χ4v) is 1.94. The molecule has 0 heterocycles. The summed E-state index contributed by atoms with van der Waals surface area (Å²) in [4.78, 5) is 11.7. The first-order chi connectivity index (χ1) is 7.65. The standard InChI is InChI=1S/C11H15ClN2OS/c1-16-6-2-5-14-11(15)9-4-3-8(13)7-10(9)12/h3-4,7H,2,5-6,13H2,1H3,(H,14,15). The molecule has 0 unspecified atom stereocenters. The molecule has 0 aliphatic rings. The van der Waals surface area contributed by atoms with Gasteiger partial charge in [0.1, 0.15) is 0 Å². The van der Waals surface area contributed by atoms with Gasteiger partial charge < -0.3 is 11.1 Å². The van der Waals surface area contributed by atoms with Gasteiger partial charge in [-0.15, -0.1) is 0 Å². The lowest BCUT2D eigenvalue weighted by molar-refractivity contribution is 0.0954. The van der Waals surface area contributed by atoms with E-state index < -0.39 is 0 Å². The monoisotopic (exact) mass is 258 g/mol. The minimum atomic E-state index is -0.147. The Kier molecular flexibility index (Phi) is 5.49. The number of nitrogen functional groups attached to an aromatic ring is 1. The third-order valence-electron chi connectivity index (χ3n) is 2.05. The number of anilines is 1. The molecule has 1 aromatic rings. The van der Waals surface area contributed by atoms with Crippen LogP contribution in [-0.4, -0.2) is 24.5 Å². The number of rotatable bonds is 5. The maximum Gasteiger partial charge on any atom is 0.252 e. The van der Waals surface area contributed by atoms with Gasteiger partial charge in [0.2, 0.25) is 0 Å². The molecule has 0 aliphatic carbocycles. The lowest BCUT2D eigenvalue weighted by Gasteiger charge is -2.06. The van der Waals surface area contributed by atoms with Gasteiger partial charge in [-0.2, -0.15) is 11.8 Å². The largest absolute Gasteiger partial charge is 0.399 e. The van der Waals surface area contributed by atoms with Crippen molar-refractivity contribution in [1.29, 1.82) is 0 Å². The molecule has 1 amide bonds. The van der Waals surface area contributed by atoms with Crippen molar-refractivity contribution >= 4 is 35.0 Å². The van der Waals surface area contributed by atoms with Crippen molar-refractivity contribution in [2.45, 2.75) is 6.42 Å². The number of thioether (sulfide) groups is 1. The van der Waals surface area contributed by atoms with Crippen LogP contribution in [0.15, 0.2) is 18.2 Å². The molecular formula is C11H15ClN2OS. The number of nitrogens with one attached hydrogen (secondary N) is 1. The molecule has 88 valence electrons. The minimum absolute atomic E-state index is 0.147. The predicted octanol–water partition coefficient (Wildman–Crippen LogP) is 2.41. The van der Waals surface area contributed by atoms with Crippen molar-refractivity contribution in [3.8, 4) is 0 Å². The Morgan fingerprint density at radius 1 is 1.56 bits per heavy atom. The maximum atomic E-state index is 11.7. The number of carbonyl (C=O) groups excluding carboxylic acids is 1. The van der Waals surface area contributed by atoms with Gasteiger partial charge in [0.25, 0.3) is 5.91 Å². The molecule has 0 radical (unpaired) electrons. The Hall–Kier alpha value is -0.870. The van der Waals surface area contributed by atoms with Crippen LogP contribution in [0.2, 0.25) is 5.02 Å². The summed E-state index contributed by atoms with van der Waals surface area (Å²) in [6.07, 6.45) is 3.00. The van der Waals surface area contributed by atoms with E-state index >= 15 is 0 Å². The van der Waals surface area contributed by atoms with E-state index in [0.29, 0.717) is 22.8 Å². The van der Waals surface area contributed by atoms with Crippen LogP contribution in [0.5, 0.6) is 0 Å². The molecule has 0 saturated carbocycles. The molecule has 1 aromatic carbocycles. The van der Waals surface area contributed by atoms with Crippen LogP contribution in [0.4, 0.5) is 5.69 Å². The van der Waals surface area contributed by atoms with Gasteiger partial charge >= 0.3 is 0 Å². The smallest absolute Gasteiger partial charge is 0.252 e. The van der Waals surface area contributed by atoms with Crippen LogP contribution < -0.4 is 11.1 Å². The second-order valence-electron chi connectivity index (χ2n) is 3.34. The second-order valence-corrected chi connectivity index (χ2v) is 4.73. The Morgan fingerprint density at radius 3 is 2.94 bits per heavy atom. The van der Waals surface area contributed by atoms with Crippen molar-refractivity contribution in [2.75, 3.05) is 24.3 Å². The Labute approximate surface area is 105 Å². The van der Waals surface area contributed by atoms with Crippen molar-refractivity contribution < 1.29 is 4.79 Å². The molecule has 1 rings (SSSR count). The SMILES string of the molecule is CSCCCNC(=O)c1ccc(N)cc1Cl. The van der Waals surface area contributed by atoms with E-state index in [4.69, 9.17) is 17.3 Å². The minimum Gasteiger partial charge on any atom is -0.399 e. The summed E-state index contributed by atoms with van der Waals surface area (Å²) in [6, 6.07) is 4.89. The lowest BCUT2D eigenvalue weighted by atomic mass is 10.2. The average Bonchev–Trinajstić information content (AvgIpc) is 2.24. The predicted molar refractivity (Wildman–Crippen MR) is 71.2 cm³/mol. The van der Waals surface area contributed by atoms with Crippen LogP contribution in [-0.2, 0) is 0 Å². The average molecular weight is 259 g/mol. The molecule has 0 aliphatic heterocycles. The summed E-state index contributed by atoms with van der Waals surface area (Å²) < 4.78 is 0. The van der Waals surface area contributed by atoms with Gasteiger partial charge in [-0.25, -0.2) is 0 Å². The zero-order valence-corrected chi connectivity index (χ0v) is 10.7. The van der Waals surface area contributed by atoms with E-state index in [-0.39, 0.29) is 5.91 Å². The number of benzene rings is 1. The van der Waals surface area contributed by atoms with E-state index in [1.165, 1.54) is 0 Å². The number of hydrogen-bond donors (Lipinski definition) is 2. The molecule has 0 aromatic heterocycles. The molecule has 0 fully saturated rings. The van der Waals surface area contributed by atoms with Crippen molar-refractivity contribution in [3.05, 3.63) is 28.8 Å². The molecule has 0 saturated heterocycles. The zero-order valence-electron chi connectivity index (χ0n) is 9.13. The summed E-state index contributed by atoms with van der Waals surface area (Å²) in [5.74, 6) is 0.890. The van der Waals surface area contributed by atoms with Crippen molar-refractivity contribution in [3.63, 3.8) is 0 Å². The third kappa shape index (κ3) is 3.94. The number of halogens is 1. The summed E-state index contributed by atoms with van der Waals surface area (Å²) in [5, 5.41) is 3.21. The topological polar surface area (TPSA) is 55.1 Å². The van der Waals surface area contributed by atoms with Gasteiger partial charge in [-0.1, -0.05) is 11.6 Å². The van der Waals surface area contributed by atoms with Crippen LogP contribution in [0.1, 0.15) is 16.8 Å². The molecule has 0 bridgehead atoms. The molecule has 16 heavy (non-hydrogen) atoms. The third-order valence-corrected chi connectivity index (χ3v) is 3.06. The van der Waals surface area contributed by atoms with E-state index in [0.717, 1.165) is 12.2 Å². The summed E-state index contributed by atoms with van der Waals surface area (Å²) >= 11 is 7.68. The Morgan fingerprint density at radius 2 is 2.31 bits per heavy atom. The highest BCUT2D eigenvalue weighted by molar-refractivity contribution is 7.98. The van der Waals surface area contributed by atoms with Gasteiger partial charge in [-0.3, -0.25) is 4.79 Å². The first kappa shape index (κ1) is 13.2. The van der Waals surface area contributed by atoms with Gasteiger partial charge in [0.05, 0.1) is 10.6 Å². The van der Waals surface area contributed by atoms with Crippen LogP contribution >= 0.6 is 23.4 Å². The van der Waals surface area contributed by atoms with Gasteiger partial charge in [-0.05, 0) is 36.6 Å². The maximum absolute atomic E-state index is 11.7. The first-order valence-electron chi connectivity index (χ1n) is 4.97. The van der Waals surface area contributed by atoms with Gasteiger partial charge in [0, 0.05) is 12.2 Å². The second kappa shape index (κ2) is 6.66. The molecule has 0 atom stereocenters. The number of nitrogens with two attached hydrogens (primary N) is 1. The molecule has 3 N–H and O–H groups in total. The molecule has 5 heteroatoms. The van der Waals surface area contributed by atoms with Crippen LogP contribution in [0.25, 0.3) is 0 Å². The normalized spacial score (nSPS) is 10.1. The molecule has 0 spiro atoms. The number of carbonyl (C=O) groups is 1. The highest BCUT2D eigenvalue weighted by atomic mass is 35.5. The fourth-order valence-electron chi connectivity index (χ4n) is 1.23. The van der Waals surface area contributed by atoms with Gasteiger partial charge in [0.15, 0.2) is 0 Å².